The Morgan fingerprint density at radius 3 is 2.89 bits per heavy atom. The molecule has 0 saturated heterocycles. The Morgan fingerprint density at radius 2 is 2.26 bits per heavy atom. The quantitative estimate of drug-likeness (QED) is 0.332. The Labute approximate surface area is 122 Å². The highest BCUT2D eigenvalue weighted by Gasteiger charge is 2.16. The number of aliphatic imine (C=N–C) groups is 1. The fourth-order valence-corrected chi connectivity index (χ4v) is 2.21. The minimum atomic E-state index is -0.547. The van der Waals surface area contributed by atoms with E-state index in [9.17, 15) is 4.79 Å². The van der Waals surface area contributed by atoms with Crippen molar-refractivity contribution < 1.29 is 9.53 Å². The van der Waals surface area contributed by atoms with Crippen LogP contribution in [0.25, 0.3) is 0 Å². The highest BCUT2D eigenvalue weighted by Crippen LogP contribution is 2.18. The maximum Gasteiger partial charge on any atom is 0.331 e. The van der Waals surface area contributed by atoms with E-state index >= 15 is 0 Å². The summed E-state index contributed by atoms with van der Waals surface area (Å²) in [6.07, 6.45) is 3.31. The summed E-state index contributed by atoms with van der Waals surface area (Å²) in [7, 11) is 1.34. The number of rotatable bonds is 7. The van der Waals surface area contributed by atoms with Gasteiger partial charge >= 0.3 is 5.97 Å². The van der Waals surface area contributed by atoms with Crippen LogP contribution in [0.15, 0.2) is 51.7 Å². The number of benzene rings is 1. The zero-order valence-electron chi connectivity index (χ0n) is 10.6. The molecule has 1 aromatic carbocycles. The van der Waals surface area contributed by atoms with Crippen molar-refractivity contribution in [2.24, 2.45) is 4.99 Å². The highest BCUT2D eigenvalue weighted by molar-refractivity contribution is 8.02. The summed E-state index contributed by atoms with van der Waals surface area (Å²) in [6, 6.07) is 9.52. The van der Waals surface area contributed by atoms with Crippen molar-refractivity contribution >= 4 is 35.1 Å². The van der Waals surface area contributed by atoms with Crippen LogP contribution >= 0.6 is 24.0 Å². The van der Waals surface area contributed by atoms with Gasteiger partial charge in [0.1, 0.15) is 0 Å². The van der Waals surface area contributed by atoms with E-state index in [0.29, 0.717) is 6.42 Å². The molecule has 1 atom stereocenters. The van der Waals surface area contributed by atoms with Gasteiger partial charge in [0.25, 0.3) is 0 Å². The fraction of sp³-hybridized carbons (Fsp3) is 0.286. The van der Waals surface area contributed by atoms with E-state index in [4.69, 9.17) is 0 Å². The van der Waals surface area contributed by atoms with Gasteiger partial charge in [-0.3, -0.25) is 0 Å². The molecule has 0 aliphatic heterocycles. The van der Waals surface area contributed by atoms with Gasteiger partial charge in [0, 0.05) is 4.90 Å². The van der Waals surface area contributed by atoms with Crippen molar-refractivity contribution in [3.05, 3.63) is 41.8 Å². The van der Waals surface area contributed by atoms with Crippen LogP contribution in [0.1, 0.15) is 12.8 Å². The predicted molar refractivity (Wildman–Crippen MR) is 81.5 cm³/mol. The van der Waals surface area contributed by atoms with Crippen LogP contribution in [-0.2, 0) is 9.53 Å². The second kappa shape index (κ2) is 9.50. The molecule has 0 amide bonds. The topological polar surface area (TPSA) is 38.7 Å². The third-order valence-electron chi connectivity index (χ3n) is 2.33. The highest BCUT2D eigenvalue weighted by atomic mass is 32.2. The molecule has 0 fully saturated rings. The number of carbonyl (C=O) groups excluding carboxylic acids is 1. The fourth-order valence-electron chi connectivity index (χ4n) is 1.38. The summed E-state index contributed by atoms with van der Waals surface area (Å²) in [6.45, 7) is 0. The first-order valence-corrected chi connectivity index (χ1v) is 7.08. The zero-order chi connectivity index (χ0) is 13.9. The van der Waals surface area contributed by atoms with Gasteiger partial charge < -0.3 is 4.74 Å². The van der Waals surface area contributed by atoms with Crippen molar-refractivity contribution in [3.8, 4) is 0 Å². The Kier molecular flexibility index (Phi) is 7.82. The largest absolute Gasteiger partial charge is 0.467 e. The lowest BCUT2D eigenvalue weighted by atomic mass is 10.2. The number of thioether (sulfide) groups is 1. The number of nitrogens with zero attached hydrogens (tertiary/aromatic N) is 1. The molecule has 0 bridgehead atoms. The molecule has 0 N–H and O–H groups in total. The van der Waals surface area contributed by atoms with Gasteiger partial charge in [0.05, 0.1) is 12.3 Å². The van der Waals surface area contributed by atoms with E-state index in [0.717, 1.165) is 6.42 Å². The lowest BCUT2D eigenvalue weighted by Crippen LogP contribution is -2.19. The lowest BCUT2D eigenvalue weighted by molar-refractivity contribution is -0.142. The molecule has 1 rings (SSSR count). The van der Waals surface area contributed by atoms with Crippen LogP contribution in [0.3, 0.4) is 0 Å². The van der Waals surface area contributed by atoms with Gasteiger partial charge in [-0.05, 0) is 42.6 Å². The Morgan fingerprint density at radius 1 is 1.53 bits per heavy atom. The van der Waals surface area contributed by atoms with E-state index in [2.05, 4.69) is 27.1 Å². The van der Waals surface area contributed by atoms with Crippen LogP contribution in [0.5, 0.6) is 0 Å². The maximum absolute atomic E-state index is 11.4. The molecule has 0 saturated carbocycles. The van der Waals surface area contributed by atoms with E-state index in [-0.39, 0.29) is 5.97 Å². The number of methoxy groups -OCH3 is 1. The second-order valence-electron chi connectivity index (χ2n) is 3.64. The summed E-state index contributed by atoms with van der Waals surface area (Å²) in [5, 5.41) is 4.23. The summed E-state index contributed by atoms with van der Waals surface area (Å²) >= 11 is 6.15. The lowest BCUT2D eigenvalue weighted by Gasteiger charge is -2.06. The number of isothiocyanates is 1. The number of ether oxygens (including phenoxy) is 1. The van der Waals surface area contributed by atoms with Gasteiger partial charge in [0.15, 0.2) is 6.04 Å². The third-order valence-corrected chi connectivity index (χ3v) is 3.31. The molecule has 0 aliphatic carbocycles. The van der Waals surface area contributed by atoms with Crippen molar-refractivity contribution in [2.45, 2.75) is 23.8 Å². The second-order valence-corrected chi connectivity index (χ2v) is 4.80. The minimum absolute atomic E-state index is 0.374. The first kappa shape index (κ1) is 15.6. The van der Waals surface area contributed by atoms with Crippen molar-refractivity contribution in [1.82, 2.24) is 0 Å². The molecule has 0 radical (unpaired) electrons. The number of hydrogen-bond acceptors (Lipinski definition) is 5. The number of esters is 1. The van der Waals surface area contributed by atoms with Gasteiger partial charge in [-0.1, -0.05) is 36.0 Å². The normalized spacial score (nSPS) is 11.8. The molecule has 100 valence electrons. The average molecular weight is 293 g/mol. The van der Waals surface area contributed by atoms with E-state index < -0.39 is 6.04 Å². The number of allylic oxidation sites excluding steroid dienone is 1. The summed E-state index contributed by atoms with van der Waals surface area (Å²) in [5.74, 6) is -0.374. The summed E-state index contributed by atoms with van der Waals surface area (Å²) in [5.41, 5.74) is 0. The molecule has 0 heterocycles. The van der Waals surface area contributed by atoms with E-state index in [1.807, 2.05) is 41.8 Å². The van der Waals surface area contributed by atoms with Gasteiger partial charge in [-0.25, -0.2) is 9.79 Å². The molecule has 0 spiro atoms. The van der Waals surface area contributed by atoms with Crippen molar-refractivity contribution in [1.29, 1.82) is 0 Å². The first-order chi connectivity index (χ1) is 9.27. The molecule has 0 aliphatic rings. The molecule has 5 heteroatoms. The molecule has 3 nitrogen and oxygen atoms in total. The maximum atomic E-state index is 11.4. The molecule has 1 unspecified atom stereocenters. The molecule has 1 aromatic rings. The first-order valence-electron chi connectivity index (χ1n) is 5.79. The Balaban J connectivity index is 2.35. The van der Waals surface area contributed by atoms with Gasteiger partial charge in [0.2, 0.25) is 0 Å². The van der Waals surface area contributed by atoms with E-state index in [1.165, 1.54) is 12.0 Å². The third kappa shape index (κ3) is 6.34. The van der Waals surface area contributed by atoms with Crippen LogP contribution in [-0.4, -0.2) is 24.3 Å². The van der Waals surface area contributed by atoms with Crippen LogP contribution in [0.4, 0.5) is 0 Å². The van der Waals surface area contributed by atoms with Gasteiger partial charge in [-0.2, -0.15) is 0 Å². The minimum Gasteiger partial charge on any atom is -0.467 e. The number of hydrogen-bond donors (Lipinski definition) is 0. The standard InChI is InChI=1S/C14H15NO2S2/c1-17-14(16)13(15-11-18)9-5-6-10-19-12-7-3-2-4-8-12/h2-4,6-8,10,13H,5,9H2,1H3/b10-6+. The Hall–Kier alpha value is -1.42. The zero-order valence-corrected chi connectivity index (χ0v) is 12.2. The van der Waals surface area contributed by atoms with Crippen LogP contribution < -0.4 is 0 Å². The van der Waals surface area contributed by atoms with Crippen molar-refractivity contribution in [3.63, 3.8) is 0 Å². The van der Waals surface area contributed by atoms with Crippen molar-refractivity contribution in [2.75, 3.05) is 7.11 Å². The monoisotopic (exact) mass is 293 g/mol. The number of carbonyl (C=O) groups is 1. The SMILES string of the molecule is COC(=O)C(CC/C=C/Sc1ccccc1)N=C=S. The van der Waals surface area contributed by atoms with E-state index in [1.54, 1.807) is 11.8 Å². The summed E-state index contributed by atoms with van der Waals surface area (Å²) in [4.78, 5) is 16.3. The Bertz CT molecular complexity index is 468. The molecular formula is C14H15NO2S2. The number of thiocarbonyl (C=S) groups is 1. The molecule has 19 heavy (non-hydrogen) atoms. The van der Waals surface area contributed by atoms with Crippen LogP contribution in [0, 0.1) is 0 Å². The summed E-state index contributed by atoms with van der Waals surface area (Å²) < 4.78 is 4.64. The van der Waals surface area contributed by atoms with Crippen LogP contribution in [0.2, 0.25) is 0 Å². The predicted octanol–water partition coefficient (Wildman–Crippen LogP) is 3.72. The average Bonchev–Trinajstić information content (AvgIpc) is 2.46. The molecule has 0 aromatic heterocycles. The molecular weight excluding hydrogens is 278 g/mol. The van der Waals surface area contributed by atoms with Gasteiger partial charge in [-0.15, -0.1) is 0 Å². The smallest absolute Gasteiger partial charge is 0.331 e.